The van der Waals surface area contributed by atoms with Crippen LogP contribution in [0.3, 0.4) is 0 Å². The maximum atomic E-state index is 12.7. The van der Waals surface area contributed by atoms with Crippen molar-refractivity contribution in [2.45, 2.75) is 65.8 Å². The number of benzene rings is 1. The second-order valence-electron chi connectivity index (χ2n) is 7.31. The van der Waals surface area contributed by atoms with Crippen LogP contribution in [0.5, 0.6) is 0 Å². The van der Waals surface area contributed by atoms with E-state index in [2.05, 4.69) is 45.9 Å². The van der Waals surface area contributed by atoms with E-state index in [-0.39, 0.29) is 17.9 Å². The monoisotopic (exact) mass is 316 g/mol. The van der Waals surface area contributed by atoms with E-state index < -0.39 is 0 Å². The Bertz CT molecular complexity index is 534. The molecule has 3 nitrogen and oxygen atoms in total. The lowest BCUT2D eigenvalue weighted by Gasteiger charge is -2.22. The summed E-state index contributed by atoms with van der Waals surface area (Å²) in [6.07, 6.45) is 4.78. The predicted molar refractivity (Wildman–Crippen MR) is 97.7 cm³/mol. The van der Waals surface area contributed by atoms with Crippen molar-refractivity contribution in [1.29, 1.82) is 0 Å². The van der Waals surface area contributed by atoms with E-state index in [1.807, 2.05) is 4.90 Å². The van der Waals surface area contributed by atoms with Crippen LogP contribution in [0, 0.1) is 11.8 Å². The first-order valence-corrected chi connectivity index (χ1v) is 9.14. The van der Waals surface area contributed by atoms with Crippen LogP contribution in [0.1, 0.15) is 58.1 Å². The molecule has 1 aromatic rings. The van der Waals surface area contributed by atoms with Crippen molar-refractivity contribution in [2.24, 2.45) is 17.6 Å². The molecule has 0 saturated heterocycles. The van der Waals surface area contributed by atoms with Gasteiger partial charge in [-0.25, -0.2) is 0 Å². The predicted octanol–water partition coefficient (Wildman–Crippen LogP) is 3.93. The average Bonchev–Trinajstić information content (AvgIpc) is 2.90. The minimum absolute atomic E-state index is 0.153. The van der Waals surface area contributed by atoms with Crippen molar-refractivity contribution in [3.8, 4) is 0 Å². The molecule has 1 aliphatic rings. The van der Waals surface area contributed by atoms with E-state index in [1.54, 1.807) is 0 Å². The Morgan fingerprint density at radius 3 is 2.57 bits per heavy atom. The third kappa shape index (κ3) is 4.35. The molecule has 3 heteroatoms. The number of anilines is 1. The summed E-state index contributed by atoms with van der Waals surface area (Å²) in [4.78, 5) is 14.7. The summed E-state index contributed by atoms with van der Waals surface area (Å²) in [6.45, 7) is 9.45. The lowest BCUT2D eigenvalue weighted by atomic mass is 9.96. The lowest BCUT2D eigenvalue weighted by molar-refractivity contribution is -0.122. The smallest absolute Gasteiger partial charge is 0.230 e. The summed E-state index contributed by atoms with van der Waals surface area (Å²) in [5.74, 6) is 1.07. The summed E-state index contributed by atoms with van der Waals surface area (Å²) < 4.78 is 0. The molecule has 1 heterocycles. The molecule has 1 aliphatic heterocycles. The van der Waals surface area contributed by atoms with E-state index >= 15 is 0 Å². The molecule has 0 fully saturated rings. The summed E-state index contributed by atoms with van der Waals surface area (Å²) in [7, 11) is 0. The van der Waals surface area contributed by atoms with Crippen molar-refractivity contribution in [3.05, 3.63) is 29.3 Å². The topological polar surface area (TPSA) is 46.3 Å². The number of amides is 1. The molecule has 1 aromatic carbocycles. The van der Waals surface area contributed by atoms with Crippen LogP contribution >= 0.6 is 0 Å². The van der Waals surface area contributed by atoms with E-state index in [0.717, 1.165) is 44.3 Å². The zero-order chi connectivity index (χ0) is 17.0. The number of fused-ring (bicyclic) bond motifs is 1. The second-order valence-corrected chi connectivity index (χ2v) is 7.31. The molecule has 2 N–H and O–H groups in total. The number of hydrogen-bond acceptors (Lipinski definition) is 2. The molecule has 23 heavy (non-hydrogen) atoms. The Hall–Kier alpha value is -1.35. The highest BCUT2D eigenvalue weighted by molar-refractivity contribution is 5.97. The van der Waals surface area contributed by atoms with Crippen molar-refractivity contribution < 1.29 is 4.79 Å². The molecule has 0 aliphatic carbocycles. The zero-order valence-corrected chi connectivity index (χ0v) is 15.1. The molecule has 0 spiro atoms. The molecule has 2 rings (SSSR count). The van der Waals surface area contributed by atoms with Crippen LogP contribution < -0.4 is 10.6 Å². The van der Waals surface area contributed by atoms with Gasteiger partial charge in [0, 0.05) is 24.2 Å². The first kappa shape index (κ1) is 18.0. The van der Waals surface area contributed by atoms with Crippen LogP contribution in [-0.4, -0.2) is 18.5 Å². The summed E-state index contributed by atoms with van der Waals surface area (Å²) in [5.41, 5.74) is 9.96. The highest BCUT2D eigenvalue weighted by Crippen LogP contribution is 2.31. The number of nitrogens with zero attached hydrogens (tertiary/aromatic N) is 1. The third-order valence-electron chi connectivity index (χ3n) is 4.91. The number of nitrogens with two attached hydrogens (primary N) is 1. The van der Waals surface area contributed by atoms with Gasteiger partial charge >= 0.3 is 0 Å². The zero-order valence-electron chi connectivity index (χ0n) is 15.1. The Morgan fingerprint density at radius 1 is 1.26 bits per heavy atom. The van der Waals surface area contributed by atoms with Crippen LogP contribution in [0.15, 0.2) is 18.2 Å². The first-order chi connectivity index (χ1) is 11.0. The number of hydrogen-bond donors (Lipinski definition) is 1. The fourth-order valence-electron chi connectivity index (χ4n) is 3.66. The summed E-state index contributed by atoms with van der Waals surface area (Å²) in [5, 5.41) is 0. The molecule has 0 bridgehead atoms. The van der Waals surface area contributed by atoms with Crippen LogP contribution in [0.2, 0.25) is 0 Å². The van der Waals surface area contributed by atoms with E-state index in [9.17, 15) is 4.79 Å². The van der Waals surface area contributed by atoms with Crippen molar-refractivity contribution >= 4 is 11.6 Å². The van der Waals surface area contributed by atoms with E-state index in [4.69, 9.17) is 5.73 Å². The molecule has 1 atom stereocenters. The van der Waals surface area contributed by atoms with Gasteiger partial charge in [0.05, 0.1) is 0 Å². The number of carbonyl (C=O) groups excluding carboxylic acids is 1. The number of rotatable bonds is 7. The molecule has 1 unspecified atom stereocenters. The Labute approximate surface area is 141 Å². The van der Waals surface area contributed by atoms with Crippen LogP contribution in [0.4, 0.5) is 5.69 Å². The molecule has 0 aromatic heterocycles. The minimum atomic E-state index is 0.153. The molecule has 0 radical (unpaired) electrons. The Kier molecular flexibility index (Phi) is 6.23. The molecular weight excluding hydrogens is 284 g/mol. The van der Waals surface area contributed by atoms with Crippen molar-refractivity contribution in [1.82, 2.24) is 0 Å². The van der Waals surface area contributed by atoms with Gasteiger partial charge in [0.25, 0.3) is 0 Å². The van der Waals surface area contributed by atoms with Gasteiger partial charge in [0.15, 0.2) is 0 Å². The van der Waals surface area contributed by atoms with Gasteiger partial charge < -0.3 is 10.6 Å². The molecule has 128 valence electrons. The third-order valence-corrected chi connectivity index (χ3v) is 4.91. The summed E-state index contributed by atoms with van der Waals surface area (Å²) in [6, 6.07) is 6.75. The van der Waals surface area contributed by atoms with E-state index in [0.29, 0.717) is 5.92 Å². The molecule has 0 saturated carbocycles. The van der Waals surface area contributed by atoms with Crippen LogP contribution in [0.25, 0.3) is 0 Å². The maximum absolute atomic E-state index is 12.7. The second kappa shape index (κ2) is 7.96. The van der Waals surface area contributed by atoms with Gasteiger partial charge in [-0.2, -0.15) is 0 Å². The first-order valence-electron chi connectivity index (χ1n) is 9.14. The maximum Gasteiger partial charge on any atom is 0.230 e. The van der Waals surface area contributed by atoms with Crippen molar-refractivity contribution in [2.75, 3.05) is 11.4 Å². The number of carbonyl (C=O) groups is 1. The lowest BCUT2D eigenvalue weighted by Crippen LogP contribution is -2.34. The molecular formula is C20H32N2O. The van der Waals surface area contributed by atoms with Crippen LogP contribution in [-0.2, 0) is 17.6 Å². The highest BCUT2D eigenvalue weighted by atomic mass is 16.2. The quantitative estimate of drug-likeness (QED) is 0.828. The van der Waals surface area contributed by atoms with Gasteiger partial charge in [0.2, 0.25) is 5.91 Å². The Balaban J connectivity index is 2.09. The largest absolute Gasteiger partial charge is 0.327 e. The van der Waals surface area contributed by atoms with Gasteiger partial charge in [-0.3, -0.25) is 4.79 Å². The van der Waals surface area contributed by atoms with Gasteiger partial charge in [-0.15, -0.1) is 0 Å². The highest BCUT2D eigenvalue weighted by Gasteiger charge is 2.28. The normalized spacial score (nSPS) is 15.3. The van der Waals surface area contributed by atoms with Crippen molar-refractivity contribution in [3.63, 3.8) is 0 Å². The van der Waals surface area contributed by atoms with Gasteiger partial charge in [0.1, 0.15) is 0 Å². The standard InChI is InChI=1S/C20H32N2O/c1-5-16(6-2)20(23)22-10-9-17-12-15(7-8-19(17)22)13-18(21)11-14(3)4/h7-8,12,14,16,18H,5-6,9-11,13,21H2,1-4H3. The average molecular weight is 316 g/mol. The summed E-state index contributed by atoms with van der Waals surface area (Å²) >= 11 is 0. The SMILES string of the molecule is CCC(CC)C(=O)N1CCc2cc(CC(N)CC(C)C)ccc21. The Morgan fingerprint density at radius 2 is 1.96 bits per heavy atom. The van der Waals surface area contributed by atoms with Gasteiger partial charge in [-0.1, -0.05) is 39.8 Å². The van der Waals surface area contributed by atoms with Gasteiger partial charge in [-0.05, 0) is 55.2 Å². The van der Waals surface area contributed by atoms with E-state index in [1.165, 1.54) is 11.1 Å². The fraction of sp³-hybridized carbons (Fsp3) is 0.650. The minimum Gasteiger partial charge on any atom is -0.327 e. The fourth-order valence-corrected chi connectivity index (χ4v) is 3.66. The molecule has 1 amide bonds.